The van der Waals surface area contributed by atoms with Crippen molar-refractivity contribution in [1.82, 2.24) is 4.98 Å². The third-order valence-corrected chi connectivity index (χ3v) is 4.66. The first-order chi connectivity index (χ1) is 12.2. The molecular formula is C20H19N3O2. The van der Waals surface area contributed by atoms with E-state index >= 15 is 0 Å². The smallest absolute Gasteiger partial charge is 0.234 e. The van der Waals surface area contributed by atoms with Crippen LogP contribution in [-0.2, 0) is 6.42 Å². The van der Waals surface area contributed by atoms with Gasteiger partial charge in [0.2, 0.25) is 17.5 Å². The van der Waals surface area contributed by atoms with Crippen LogP contribution in [0.15, 0.2) is 46.9 Å². The second kappa shape index (κ2) is 6.58. The second-order valence-corrected chi connectivity index (χ2v) is 6.43. The molecule has 0 unspecified atom stereocenters. The fraction of sp³-hybridized carbons (Fsp3) is 0.300. The summed E-state index contributed by atoms with van der Waals surface area (Å²) in [5.74, 6) is 1.01. The molecule has 5 heteroatoms. The van der Waals surface area contributed by atoms with Crippen molar-refractivity contribution in [3.05, 3.63) is 59.6 Å². The van der Waals surface area contributed by atoms with Gasteiger partial charge in [-0.15, -0.1) is 0 Å². The topological polar surface area (TPSA) is 73.3 Å². The molecule has 0 saturated carbocycles. The lowest BCUT2D eigenvalue weighted by molar-refractivity contribution is 0.152. The standard InChI is InChI=1S/C20H19N3O2/c21-12-18-20(23-10-4-8-16(24)13-23)25-19(22-18)11-15-7-3-6-14-5-1-2-9-17(14)15/h1-3,5-7,9,16,24H,4,8,10-11,13H2/t16-/m0/s1. The van der Waals surface area contributed by atoms with Crippen LogP contribution < -0.4 is 4.90 Å². The molecule has 5 nitrogen and oxygen atoms in total. The van der Waals surface area contributed by atoms with E-state index in [0.29, 0.717) is 30.4 Å². The van der Waals surface area contributed by atoms with E-state index in [4.69, 9.17) is 4.42 Å². The lowest BCUT2D eigenvalue weighted by atomic mass is 10.0. The Hall–Kier alpha value is -2.84. The van der Waals surface area contributed by atoms with Gasteiger partial charge >= 0.3 is 0 Å². The molecule has 0 aliphatic carbocycles. The van der Waals surface area contributed by atoms with Gasteiger partial charge in [0, 0.05) is 13.1 Å². The predicted octanol–water partition coefficient (Wildman–Crippen LogP) is 3.25. The minimum Gasteiger partial charge on any atom is -0.423 e. The molecule has 126 valence electrons. The molecule has 2 aromatic carbocycles. The van der Waals surface area contributed by atoms with Gasteiger partial charge < -0.3 is 14.4 Å². The minimum absolute atomic E-state index is 0.296. The van der Waals surface area contributed by atoms with E-state index in [1.807, 2.05) is 23.1 Å². The van der Waals surface area contributed by atoms with Crippen LogP contribution in [0.4, 0.5) is 5.88 Å². The number of nitriles is 1. The van der Waals surface area contributed by atoms with Crippen LogP contribution in [0.1, 0.15) is 30.0 Å². The number of hydrogen-bond donors (Lipinski definition) is 1. The molecule has 1 atom stereocenters. The zero-order valence-corrected chi connectivity index (χ0v) is 13.9. The van der Waals surface area contributed by atoms with Gasteiger partial charge in [-0.25, -0.2) is 4.98 Å². The van der Waals surface area contributed by atoms with Crippen LogP contribution >= 0.6 is 0 Å². The number of β-amino-alcohol motifs (C(OH)–C–C–N with tert-alkyl or cyclic N) is 1. The van der Waals surface area contributed by atoms with Crippen molar-refractivity contribution in [2.75, 3.05) is 18.0 Å². The fourth-order valence-electron chi connectivity index (χ4n) is 3.47. The predicted molar refractivity (Wildman–Crippen MR) is 95.4 cm³/mol. The highest BCUT2D eigenvalue weighted by Gasteiger charge is 2.25. The molecule has 1 aromatic heterocycles. The summed E-state index contributed by atoms with van der Waals surface area (Å²) in [5.41, 5.74) is 1.42. The summed E-state index contributed by atoms with van der Waals surface area (Å²) in [7, 11) is 0. The van der Waals surface area contributed by atoms with Crippen LogP contribution in [0, 0.1) is 11.3 Å². The van der Waals surface area contributed by atoms with Gasteiger partial charge in [-0.3, -0.25) is 0 Å². The second-order valence-electron chi connectivity index (χ2n) is 6.43. The quantitative estimate of drug-likeness (QED) is 0.796. The summed E-state index contributed by atoms with van der Waals surface area (Å²) in [6.45, 7) is 1.26. The third-order valence-electron chi connectivity index (χ3n) is 4.66. The van der Waals surface area contributed by atoms with Crippen LogP contribution in [-0.4, -0.2) is 29.3 Å². The molecule has 2 heterocycles. The third kappa shape index (κ3) is 3.09. The average molecular weight is 333 g/mol. The molecule has 0 bridgehead atoms. The van der Waals surface area contributed by atoms with E-state index in [1.165, 1.54) is 5.39 Å². The molecule has 0 amide bonds. The molecule has 3 aromatic rings. The first-order valence-electron chi connectivity index (χ1n) is 8.54. The van der Waals surface area contributed by atoms with E-state index in [9.17, 15) is 10.4 Å². The number of hydrogen-bond acceptors (Lipinski definition) is 5. The molecule has 1 N–H and O–H groups in total. The normalized spacial score (nSPS) is 17.6. The number of oxazole rings is 1. The Morgan fingerprint density at radius 1 is 1.24 bits per heavy atom. The largest absolute Gasteiger partial charge is 0.423 e. The van der Waals surface area contributed by atoms with Gasteiger partial charge in [-0.05, 0) is 29.2 Å². The minimum atomic E-state index is -0.382. The number of aliphatic hydroxyl groups excluding tert-OH is 1. The summed E-state index contributed by atoms with van der Waals surface area (Å²) in [6.07, 6.45) is 1.82. The maximum absolute atomic E-state index is 9.88. The first-order valence-corrected chi connectivity index (χ1v) is 8.54. The van der Waals surface area contributed by atoms with Gasteiger partial charge in [-0.1, -0.05) is 42.5 Å². The van der Waals surface area contributed by atoms with Gasteiger partial charge in [0.05, 0.1) is 12.5 Å². The van der Waals surface area contributed by atoms with E-state index in [1.54, 1.807) is 0 Å². The Morgan fingerprint density at radius 2 is 2.08 bits per heavy atom. The number of nitrogens with zero attached hydrogens (tertiary/aromatic N) is 3. The zero-order chi connectivity index (χ0) is 17.2. The summed E-state index contributed by atoms with van der Waals surface area (Å²) >= 11 is 0. The van der Waals surface area contributed by atoms with Gasteiger partial charge in [0.1, 0.15) is 6.07 Å². The van der Waals surface area contributed by atoms with Crippen LogP contribution in [0.3, 0.4) is 0 Å². The van der Waals surface area contributed by atoms with Crippen molar-refractivity contribution in [2.45, 2.75) is 25.4 Å². The number of piperidine rings is 1. The lowest BCUT2D eigenvalue weighted by Gasteiger charge is -2.29. The highest BCUT2D eigenvalue weighted by molar-refractivity contribution is 5.85. The summed E-state index contributed by atoms with van der Waals surface area (Å²) in [5, 5.41) is 21.6. The number of anilines is 1. The Bertz CT molecular complexity index is 936. The van der Waals surface area contributed by atoms with Crippen molar-refractivity contribution < 1.29 is 9.52 Å². The van der Waals surface area contributed by atoms with Crippen molar-refractivity contribution in [3.63, 3.8) is 0 Å². The Labute approximate surface area is 146 Å². The monoisotopic (exact) mass is 333 g/mol. The molecular weight excluding hydrogens is 314 g/mol. The number of aromatic nitrogens is 1. The van der Waals surface area contributed by atoms with Crippen molar-refractivity contribution in [3.8, 4) is 6.07 Å². The highest BCUT2D eigenvalue weighted by Crippen LogP contribution is 2.27. The van der Waals surface area contributed by atoms with Crippen LogP contribution in [0.25, 0.3) is 10.8 Å². The van der Waals surface area contributed by atoms with E-state index in [2.05, 4.69) is 35.3 Å². The Balaban J connectivity index is 1.66. The van der Waals surface area contributed by atoms with Crippen molar-refractivity contribution >= 4 is 16.7 Å². The SMILES string of the molecule is N#Cc1nc(Cc2cccc3ccccc23)oc1N1CCC[C@H](O)C1. The molecule has 0 radical (unpaired) electrons. The average Bonchev–Trinajstić information content (AvgIpc) is 3.05. The molecule has 1 fully saturated rings. The molecule has 0 spiro atoms. The van der Waals surface area contributed by atoms with Crippen LogP contribution in [0.2, 0.25) is 0 Å². The van der Waals surface area contributed by atoms with E-state index in [0.717, 1.165) is 30.3 Å². The van der Waals surface area contributed by atoms with Gasteiger partial charge in [0.15, 0.2) is 0 Å². The summed E-state index contributed by atoms with van der Waals surface area (Å²) < 4.78 is 5.93. The van der Waals surface area contributed by atoms with Gasteiger partial charge in [0.25, 0.3) is 0 Å². The van der Waals surface area contributed by atoms with Gasteiger partial charge in [-0.2, -0.15) is 5.26 Å². The van der Waals surface area contributed by atoms with Crippen molar-refractivity contribution in [1.29, 1.82) is 5.26 Å². The Morgan fingerprint density at radius 3 is 2.92 bits per heavy atom. The fourth-order valence-corrected chi connectivity index (χ4v) is 3.47. The molecule has 25 heavy (non-hydrogen) atoms. The maximum Gasteiger partial charge on any atom is 0.234 e. The molecule has 4 rings (SSSR count). The van der Waals surface area contributed by atoms with Crippen molar-refractivity contribution in [2.24, 2.45) is 0 Å². The van der Waals surface area contributed by atoms with E-state index < -0.39 is 0 Å². The number of rotatable bonds is 3. The number of aliphatic hydroxyl groups is 1. The maximum atomic E-state index is 9.88. The highest BCUT2D eigenvalue weighted by atomic mass is 16.4. The number of fused-ring (bicyclic) bond motifs is 1. The lowest BCUT2D eigenvalue weighted by Crippen LogP contribution is -2.38. The summed E-state index contributed by atoms with van der Waals surface area (Å²) in [4.78, 5) is 6.30. The van der Waals surface area contributed by atoms with Crippen LogP contribution in [0.5, 0.6) is 0 Å². The zero-order valence-electron chi connectivity index (χ0n) is 13.9. The number of benzene rings is 2. The van der Waals surface area contributed by atoms with E-state index in [-0.39, 0.29) is 6.10 Å². The summed E-state index contributed by atoms with van der Waals surface area (Å²) in [6, 6.07) is 16.5. The molecule has 1 aliphatic rings. The Kier molecular flexibility index (Phi) is 4.12. The molecule has 1 saturated heterocycles. The molecule has 1 aliphatic heterocycles. The first kappa shape index (κ1) is 15.7.